The van der Waals surface area contributed by atoms with Gasteiger partial charge in [-0.05, 0) is 25.5 Å². The van der Waals surface area contributed by atoms with Gasteiger partial charge in [-0.2, -0.15) is 5.10 Å². The Morgan fingerprint density at radius 2 is 1.88 bits per heavy atom. The van der Waals surface area contributed by atoms with E-state index in [9.17, 15) is 0 Å². The van der Waals surface area contributed by atoms with E-state index in [1.807, 2.05) is 6.92 Å². The van der Waals surface area contributed by atoms with Gasteiger partial charge in [0, 0.05) is 17.5 Å². The molecule has 0 radical (unpaired) electrons. The summed E-state index contributed by atoms with van der Waals surface area (Å²) in [7, 11) is 2.06. The zero-order chi connectivity index (χ0) is 17.1. The predicted octanol–water partition coefficient (Wildman–Crippen LogP) is 3.99. The normalized spacial score (nSPS) is 11.6. The molecule has 6 heteroatoms. The molecule has 0 aliphatic rings. The molecular weight excluding hydrogens is 318 g/mol. The van der Waals surface area contributed by atoms with Gasteiger partial charge in [-0.1, -0.05) is 38.1 Å². The van der Waals surface area contributed by atoms with Gasteiger partial charge in [0.05, 0.1) is 12.2 Å². The highest BCUT2D eigenvalue weighted by molar-refractivity contribution is 7.13. The minimum absolute atomic E-state index is 0.554. The third-order valence-electron chi connectivity index (χ3n) is 3.86. The van der Waals surface area contributed by atoms with Crippen molar-refractivity contribution in [2.45, 2.75) is 39.8 Å². The molecule has 3 rings (SSSR count). The molecule has 0 fully saturated rings. The Balaban J connectivity index is 1.64. The number of nitrogens with one attached hydrogen (secondary N) is 1. The molecule has 0 spiro atoms. The van der Waals surface area contributed by atoms with Gasteiger partial charge in [0.15, 0.2) is 5.82 Å². The third-order valence-corrected chi connectivity index (χ3v) is 4.80. The summed E-state index contributed by atoms with van der Waals surface area (Å²) in [5, 5.41) is 10.3. The van der Waals surface area contributed by atoms with Gasteiger partial charge in [0.1, 0.15) is 10.8 Å². The number of rotatable bonds is 6. The summed E-state index contributed by atoms with van der Waals surface area (Å²) in [6, 6.07) is 8.72. The Labute approximate surface area is 146 Å². The van der Waals surface area contributed by atoms with Crippen LogP contribution < -0.4 is 0 Å². The molecule has 0 aliphatic carbocycles. The molecule has 0 saturated carbocycles. The van der Waals surface area contributed by atoms with Crippen molar-refractivity contribution >= 4 is 11.3 Å². The second-order valence-corrected chi connectivity index (χ2v) is 7.29. The number of aryl methyl sites for hydroxylation is 1. The standard InChI is InChI=1S/C18H23N5S/c1-12(2)14-5-7-15(8-6-14)18-20-16(11-24-18)9-23(4)10-17-19-13(3)21-22-17/h5-8,11-12H,9-10H2,1-4H3,(H,19,21,22). The summed E-state index contributed by atoms with van der Waals surface area (Å²) < 4.78 is 0. The van der Waals surface area contributed by atoms with Crippen molar-refractivity contribution in [3.05, 3.63) is 52.6 Å². The molecule has 0 aliphatic heterocycles. The van der Waals surface area contributed by atoms with Crippen molar-refractivity contribution in [3.8, 4) is 10.6 Å². The van der Waals surface area contributed by atoms with Crippen LogP contribution in [-0.2, 0) is 13.1 Å². The maximum absolute atomic E-state index is 4.77. The molecule has 0 bridgehead atoms. The molecule has 0 unspecified atom stereocenters. The molecule has 24 heavy (non-hydrogen) atoms. The zero-order valence-electron chi connectivity index (χ0n) is 14.6. The third kappa shape index (κ3) is 4.07. The Kier molecular flexibility index (Phi) is 5.06. The van der Waals surface area contributed by atoms with Gasteiger partial charge in [-0.3, -0.25) is 10.00 Å². The van der Waals surface area contributed by atoms with Crippen LogP contribution in [0, 0.1) is 6.92 Å². The summed E-state index contributed by atoms with van der Waals surface area (Å²) >= 11 is 1.69. The summed E-state index contributed by atoms with van der Waals surface area (Å²) in [6.45, 7) is 7.83. The second kappa shape index (κ2) is 7.23. The average molecular weight is 341 g/mol. The molecule has 126 valence electrons. The summed E-state index contributed by atoms with van der Waals surface area (Å²) in [4.78, 5) is 11.3. The van der Waals surface area contributed by atoms with Crippen LogP contribution in [0.4, 0.5) is 0 Å². The van der Waals surface area contributed by atoms with E-state index in [4.69, 9.17) is 4.98 Å². The van der Waals surface area contributed by atoms with Gasteiger partial charge < -0.3 is 0 Å². The number of aromatic amines is 1. The topological polar surface area (TPSA) is 57.7 Å². The Hall–Kier alpha value is -2.05. The molecule has 2 aromatic heterocycles. The SMILES string of the molecule is Cc1nc(CN(C)Cc2csc(-c3ccc(C(C)C)cc3)n2)n[nH]1. The van der Waals surface area contributed by atoms with E-state index in [-0.39, 0.29) is 0 Å². The first kappa shape index (κ1) is 16.8. The van der Waals surface area contributed by atoms with Crippen molar-refractivity contribution in [3.63, 3.8) is 0 Å². The van der Waals surface area contributed by atoms with E-state index in [0.29, 0.717) is 12.5 Å². The largest absolute Gasteiger partial charge is 0.293 e. The summed E-state index contributed by atoms with van der Waals surface area (Å²) in [5.74, 6) is 2.22. The molecular formula is C18H23N5S. The van der Waals surface area contributed by atoms with Crippen LogP contribution in [0.2, 0.25) is 0 Å². The first-order valence-electron chi connectivity index (χ1n) is 8.12. The number of nitrogens with zero attached hydrogens (tertiary/aromatic N) is 4. The molecule has 0 amide bonds. The predicted molar refractivity (Wildman–Crippen MR) is 97.9 cm³/mol. The van der Waals surface area contributed by atoms with Crippen molar-refractivity contribution < 1.29 is 0 Å². The lowest BCUT2D eigenvalue weighted by Crippen LogP contribution is -2.18. The Morgan fingerprint density at radius 1 is 1.12 bits per heavy atom. The van der Waals surface area contributed by atoms with Crippen LogP contribution in [0.5, 0.6) is 0 Å². The summed E-state index contributed by atoms with van der Waals surface area (Å²) in [6.07, 6.45) is 0. The lowest BCUT2D eigenvalue weighted by atomic mass is 10.0. The fourth-order valence-electron chi connectivity index (χ4n) is 2.56. The lowest BCUT2D eigenvalue weighted by molar-refractivity contribution is 0.308. The molecule has 1 aromatic carbocycles. The minimum atomic E-state index is 0.554. The zero-order valence-corrected chi connectivity index (χ0v) is 15.4. The van der Waals surface area contributed by atoms with E-state index < -0.39 is 0 Å². The number of hydrogen-bond donors (Lipinski definition) is 1. The van der Waals surface area contributed by atoms with Crippen molar-refractivity contribution in [2.24, 2.45) is 0 Å². The Morgan fingerprint density at radius 3 is 2.50 bits per heavy atom. The Bertz CT molecular complexity index is 788. The van der Waals surface area contributed by atoms with Gasteiger partial charge >= 0.3 is 0 Å². The van der Waals surface area contributed by atoms with Crippen molar-refractivity contribution in [2.75, 3.05) is 7.05 Å². The number of benzene rings is 1. The minimum Gasteiger partial charge on any atom is -0.293 e. The van der Waals surface area contributed by atoms with E-state index in [0.717, 1.165) is 28.9 Å². The van der Waals surface area contributed by atoms with Crippen LogP contribution in [0.3, 0.4) is 0 Å². The first-order valence-corrected chi connectivity index (χ1v) is 9.00. The van der Waals surface area contributed by atoms with E-state index in [2.05, 4.69) is 70.6 Å². The van der Waals surface area contributed by atoms with E-state index >= 15 is 0 Å². The number of aromatic nitrogens is 4. The highest BCUT2D eigenvalue weighted by Crippen LogP contribution is 2.26. The second-order valence-electron chi connectivity index (χ2n) is 6.43. The molecule has 0 atom stereocenters. The van der Waals surface area contributed by atoms with Crippen LogP contribution in [-0.4, -0.2) is 32.1 Å². The average Bonchev–Trinajstić information content (AvgIpc) is 3.16. The van der Waals surface area contributed by atoms with Gasteiger partial charge in [-0.15, -0.1) is 11.3 Å². The molecule has 3 aromatic rings. The lowest BCUT2D eigenvalue weighted by Gasteiger charge is -2.12. The quantitative estimate of drug-likeness (QED) is 0.736. The number of hydrogen-bond acceptors (Lipinski definition) is 5. The van der Waals surface area contributed by atoms with Gasteiger partial charge in [-0.25, -0.2) is 9.97 Å². The molecule has 2 heterocycles. The fourth-order valence-corrected chi connectivity index (χ4v) is 3.37. The maximum atomic E-state index is 4.77. The smallest absolute Gasteiger partial charge is 0.164 e. The van der Waals surface area contributed by atoms with Crippen LogP contribution >= 0.6 is 11.3 Å². The molecule has 1 N–H and O–H groups in total. The van der Waals surface area contributed by atoms with Gasteiger partial charge in [0.2, 0.25) is 0 Å². The van der Waals surface area contributed by atoms with Crippen LogP contribution in [0.15, 0.2) is 29.6 Å². The highest BCUT2D eigenvalue weighted by Gasteiger charge is 2.10. The van der Waals surface area contributed by atoms with Crippen LogP contribution in [0.25, 0.3) is 10.6 Å². The monoisotopic (exact) mass is 341 g/mol. The molecule has 0 saturated heterocycles. The van der Waals surface area contributed by atoms with Gasteiger partial charge in [0.25, 0.3) is 0 Å². The first-order chi connectivity index (χ1) is 11.5. The number of thiazole rings is 1. The highest BCUT2D eigenvalue weighted by atomic mass is 32.1. The van der Waals surface area contributed by atoms with Crippen LogP contribution in [0.1, 0.15) is 42.7 Å². The summed E-state index contributed by atoms with van der Waals surface area (Å²) in [5.41, 5.74) is 3.62. The van der Waals surface area contributed by atoms with Crippen molar-refractivity contribution in [1.82, 2.24) is 25.1 Å². The molecule has 5 nitrogen and oxygen atoms in total. The van der Waals surface area contributed by atoms with E-state index in [1.54, 1.807) is 11.3 Å². The maximum Gasteiger partial charge on any atom is 0.164 e. The van der Waals surface area contributed by atoms with Crippen molar-refractivity contribution in [1.29, 1.82) is 0 Å². The van der Waals surface area contributed by atoms with E-state index in [1.165, 1.54) is 11.1 Å². The fraction of sp³-hybridized carbons (Fsp3) is 0.389. The number of H-pyrrole nitrogens is 1.